The van der Waals surface area contributed by atoms with E-state index in [9.17, 15) is 9.59 Å². The SMILES string of the molecule is COc1ccccc1CNC(=O)CC(=O)NCC(C)C. The van der Waals surface area contributed by atoms with Crippen LogP contribution < -0.4 is 15.4 Å². The quantitative estimate of drug-likeness (QED) is 0.742. The number of hydrogen-bond acceptors (Lipinski definition) is 3. The van der Waals surface area contributed by atoms with E-state index in [0.717, 1.165) is 11.3 Å². The molecule has 110 valence electrons. The molecule has 0 saturated heterocycles. The zero-order chi connectivity index (χ0) is 15.0. The van der Waals surface area contributed by atoms with Crippen molar-refractivity contribution in [2.24, 2.45) is 5.92 Å². The first-order chi connectivity index (χ1) is 9.52. The number of methoxy groups -OCH3 is 1. The molecule has 0 bridgehead atoms. The molecule has 0 radical (unpaired) electrons. The Morgan fingerprint density at radius 2 is 1.80 bits per heavy atom. The van der Waals surface area contributed by atoms with E-state index in [-0.39, 0.29) is 18.2 Å². The van der Waals surface area contributed by atoms with Crippen LogP contribution in [0.1, 0.15) is 25.8 Å². The normalized spacial score (nSPS) is 10.2. The van der Waals surface area contributed by atoms with E-state index >= 15 is 0 Å². The second kappa shape index (κ2) is 8.19. The minimum Gasteiger partial charge on any atom is -0.496 e. The number of ether oxygens (including phenoxy) is 1. The van der Waals surface area contributed by atoms with Crippen molar-refractivity contribution in [3.05, 3.63) is 29.8 Å². The van der Waals surface area contributed by atoms with E-state index in [1.165, 1.54) is 0 Å². The third-order valence-electron chi connectivity index (χ3n) is 2.70. The molecular formula is C15H22N2O3. The summed E-state index contributed by atoms with van der Waals surface area (Å²) >= 11 is 0. The van der Waals surface area contributed by atoms with Gasteiger partial charge in [-0.3, -0.25) is 9.59 Å². The molecule has 0 aliphatic carbocycles. The van der Waals surface area contributed by atoms with Gasteiger partial charge in [-0.05, 0) is 12.0 Å². The summed E-state index contributed by atoms with van der Waals surface area (Å²) < 4.78 is 5.19. The van der Waals surface area contributed by atoms with Gasteiger partial charge in [-0.1, -0.05) is 32.0 Å². The highest BCUT2D eigenvalue weighted by Crippen LogP contribution is 2.16. The molecule has 0 unspecified atom stereocenters. The van der Waals surface area contributed by atoms with Gasteiger partial charge in [-0.25, -0.2) is 0 Å². The molecule has 1 aromatic carbocycles. The van der Waals surface area contributed by atoms with Crippen molar-refractivity contribution in [3.63, 3.8) is 0 Å². The fourth-order valence-electron chi connectivity index (χ4n) is 1.63. The van der Waals surface area contributed by atoms with Crippen LogP contribution in [-0.4, -0.2) is 25.5 Å². The zero-order valence-electron chi connectivity index (χ0n) is 12.2. The third-order valence-corrected chi connectivity index (χ3v) is 2.70. The molecule has 0 fully saturated rings. The summed E-state index contributed by atoms with van der Waals surface area (Å²) in [6.45, 7) is 4.93. The lowest BCUT2D eigenvalue weighted by Crippen LogP contribution is -2.33. The van der Waals surface area contributed by atoms with Crippen molar-refractivity contribution < 1.29 is 14.3 Å². The second-order valence-corrected chi connectivity index (χ2v) is 4.96. The largest absolute Gasteiger partial charge is 0.496 e. The van der Waals surface area contributed by atoms with E-state index in [4.69, 9.17) is 4.74 Å². The standard InChI is InChI=1S/C15H22N2O3/c1-11(2)9-16-14(18)8-15(19)17-10-12-6-4-5-7-13(12)20-3/h4-7,11H,8-10H2,1-3H3,(H,16,18)(H,17,19). The predicted molar refractivity (Wildman–Crippen MR) is 77.3 cm³/mol. The Morgan fingerprint density at radius 3 is 2.45 bits per heavy atom. The molecule has 2 N–H and O–H groups in total. The molecule has 5 nitrogen and oxygen atoms in total. The number of carbonyl (C=O) groups excluding carboxylic acids is 2. The van der Waals surface area contributed by atoms with Crippen LogP contribution in [0.4, 0.5) is 0 Å². The van der Waals surface area contributed by atoms with E-state index in [1.54, 1.807) is 7.11 Å². The average Bonchev–Trinajstić information content (AvgIpc) is 2.43. The van der Waals surface area contributed by atoms with Crippen LogP contribution in [0, 0.1) is 5.92 Å². The van der Waals surface area contributed by atoms with Crippen LogP contribution in [0.25, 0.3) is 0 Å². The first-order valence-corrected chi connectivity index (χ1v) is 6.68. The number of benzene rings is 1. The first-order valence-electron chi connectivity index (χ1n) is 6.68. The van der Waals surface area contributed by atoms with Gasteiger partial charge in [0, 0.05) is 18.7 Å². The summed E-state index contributed by atoms with van der Waals surface area (Å²) in [5.74, 6) is 0.543. The molecule has 0 aromatic heterocycles. The van der Waals surface area contributed by atoms with Gasteiger partial charge in [0.1, 0.15) is 12.2 Å². The molecule has 5 heteroatoms. The van der Waals surface area contributed by atoms with Gasteiger partial charge >= 0.3 is 0 Å². The van der Waals surface area contributed by atoms with Crippen molar-refractivity contribution in [1.82, 2.24) is 10.6 Å². The highest BCUT2D eigenvalue weighted by Gasteiger charge is 2.10. The Balaban J connectivity index is 2.38. The highest BCUT2D eigenvalue weighted by atomic mass is 16.5. The molecule has 2 amide bonds. The van der Waals surface area contributed by atoms with Gasteiger partial charge in [-0.2, -0.15) is 0 Å². The maximum Gasteiger partial charge on any atom is 0.229 e. The molecule has 0 atom stereocenters. The number of nitrogens with one attached hydrogen (secondary N) is 2. The van der Waals surface area contributed by atoms with Crippen molar-refractivity contribution in [1.29, 1.82) is 0 Å². The highest BCUT2D eigenvalue weighted by molar-refractivity contribution is 5.96. The molecule has 0 saturated carbocycles. The lowest BCUT2D eigenvalue weighted by atomic mass is 10.2. The van der Waals surface area contributed by atoms with Gasteiger partial charge < -0.3 is 15.4 Å². The number of rotatable bonds is 7. The van der Waals surface area contributed by atoms with E-state index < -0.39 is 0 Å². The fraction of sp³-hybridized carbons (Fsp3) is 0.467. The van der Waals surface area contributed by atoms with Crippen LogP contribution in [0.5, 0.6) is 5.75 Å². The maximum atomic E-state index is 11.7. The topological polar surface area (TPSA) is 67.4 Å². The van der Waals surface area contributed by atoms with E-state index in [0.29, 0.717) is 19.0 Å². The van der Waals surface area contributed by atoms with Gasteiger partial charge in [0.05, 0.1) is 7.11 Å². The number of carbonyl (C=O) groups is 2. The second-order valence-electron chi connectivity index (χ2n) is 4.96. The van der Waals surface area contributed by atoms with Crippen LogP contribution >= 0.6 is 0 Å². The minimum atomic E-state index is -0.294. The Bertz CT molecular complexity index is 458. The molecule has 1 rings (SSSR count). The van der Waals surface area contributed by atoms with Gasteiger partial charge in [0.15, 0.2) is 0 Å². The average molecular weight is 278 g/mol. The summed E-state index contributed by atoms with van der Waals surface area (Å²) in [5.41, 5.74) is 0.880. The smallest absolute Gasteiger partial charge is 0.229 e. The van der Waals surface area contributed by atoms with Crippen LogP contribution in [0.2, 0.25) is 0 Å². The number of amides is 2. The Kier molecular flexibility index (Phi) is 6.56. The lowest BCUT2D eigenvalue weighted by Gasteiger charge is -2.10. The van der Waals surface area contributed by atoms with Crippen LogP contribution in [-0.2, 0) is 16.1 Å². The summed E-state index contributed by atoms with van der Waals surface area (Å²) in [7, 11) is 1.58. The summed E-state index contributed by atoms with van der Waals surface area (Å²) in [6.07, 6.45) is -0.151. The Hall–Kier alpha value is -2.04. The minimum absolute atomic E-state index is 0.151. The predicted octanol–water partition coefficient (Wildman–Crippen LogP) is 1.47. The lowest BCUT2D eigenvalue weighted by molar-refractivity contribution is -0.129. The van der Waals surface area contributed by atoms with Crippen LogP contribution in [0.3, 0.4) is 0 Å². The van der Waals surface area contributed by atoms with Gasteiger partial charge in [0.2, 0.25) is 11.8 Å². The van der Waals surface area contributed by atoms with Crippen molar-refractivity contribution >= 4 is 11.8 Å². The number of para-hydroxylation sites is 1. The van der Waals surface area contributed by atoms with Crippen molar-refractivity contribution in [2.75, 3.05) is 13.7 Å². The van der Waals surface area contributed by atoms with E-state index in [1.807, 2.05) is 38.1 Å². The van der Waals surface area contributed by atoms with Crippen molar-refractivity contribution in [3.8, 4) is 5.75 Å². The molecule has 0 heterocycles. The molecular weight excluding hydrogens is 256 g/mol. The molecule has 0 spiro atoms. The fourth-order valence-corrected chi connectivity index (χ4v) is 1.63. The Morgan fingerprint density at radius 1 is 1.15 bits per heavy atom. The summed E-state index contributed by atoms with van der Waals surface area (Å²) in [4.78, 5) is 23.2. The van der Waals surface area contributed by atoms with E-state index in [2.05, 4.69) is 10.6 Å². The third kappa shape index (κ3) is 5.73. The molecule has 0 aliphatic rings. The van der Waals surface area contributed by atoms with Gasteiger partial charge in [-0.15, -0.1) is 0 Å². The zero-order valence-corrected chi connectivity index (χ0v) is 12.2. The molecule has 20 heavy (non-hydrogen) atoms. The van der Waals surface area contributed by atoms with Crippen LogP contribution in [0.15, 0.2) is 24.3 Å². The maximum absolute atomic E-state index is 11.7. The first kappa shape index (κ1) is 16.0. The van der Waals surface area contributed by atoms with Crippen molar-refractivity contribution in [2.45, 2.75) is 26.8 Å². The number of hydrogen-bond donors (Lipinski definition) is 2. The monoisotopic (exact) mass is 278 g/mol. The summed E-state index contributed by atoms with van der Waals surface area (Å²) in [6, 6.07) is 7.44. The van der Waals surface area contributed by atoms with Gasteiger partial charge in [0.25, 0.3) is 0 Å². The molecule has 1 aromatic rings. The Labute approximate surface area is 119 Å². The summed E-state index contributed by atoms with van der Waals surface area (Å²) in [5, 5.41) is 5.42. The molecule has 0 aliphatic heterocycles.